The largest absolute Gasteiger partial charge is 0.491 e. The van der Waals surface area contributed by atoms with Crippen molar-refractivity contribution in [1.29, 1.82) is 0 Å². The molecule has 0 bridgehead atoms. The van der Waals surface area contributed by atoms with Crippen molar-refractivity contribution in [3.8, 4) is 17.1 Å². The van der Waals surface area contributed by atoms with Crippen molar-refractivity contribution in [1.82, 2.24) is 25.6 Å². The summed E-state index contributed by atoms with van der Waals surface area (Å²) in [5, 5.41) is 9.66. The Balaban J connectivity index is 1.66. The quantitative estimate of drug-likeness (QED) is 0.539. The number of halogens is 2. The van der Waals surface area contributed by atoms with E-state index in [4.69, 9.17) is 16.3 Å². The van der Waals surface area contributed by atoms with Gasteiger partial charge in [0.1, 0.15) is 5.82 Å². The maximum absolute atomic E-state index is 14.3. The highest BCUT2D eigenvalue weighted by atomic mass is 35.5. The van der Waals surface area contributed by atoms with E-state index in [9.17, 15) is 9.18 Å². The lowest BCUT2D eigenvalue weighted by molar-refractivity contribution is 0.0940. The normalized spacial score (nSPS) is 15.5. The number of nitrogens with zero attached hydrogens (tertiary/aromatic N) is 3. The molecule has 1 saturated heterocycles. The van der Waals surface area contributed by atoms with Gasteiger partial charge in [0.15, 0.2) is 17.4 Å². The molecule has 8 nitrogen and oxygen atoms in total. The molecule has 1 amide bonds. The van der Waals surface area contributed by atoms with Gasteiger partial charge in [-0.25, -0.2) is 14.4 Å². The van der Waals surface area contributed by atoms with E-state index in [1.165, 1.54) is 37.7 Å². The predicted octanol–water partition coefficient (Wildman–Crippen LogP) is 3.18. The van der Waals surface area contributed by atoms with Gasteiger partial charge >= 0.3 is 0 Å². The van der Waals surface area contributed by atoms with Crippen LogP contribution >= 0.6 is 11.6 Å². The first-order valence-corrected chi connectivity index (χ1v) is 10.0. The van der Waals surface area contributed by atoms with Gasteiger partial charge in [0.2, 0.25) is 0 Å². The van der Waals surface area contributed by atoms with Gasteiger partial charge in [-0.2, -0.15) is 0 Å². The lowest BCUT2D eigenvalue weighted by Gasteiger charge is -2.16. The molecule has 3 N–H and O–H groups in total. The molecule has 0 saturated carbocycles. The highest BCUT2D eigenvalue weighted by Crippen LogP contribution is 2.30. The first-order valence-electron chi connectivity index (χ1n) is 9.64. The molecule has 4 rings (SSSR count). The summed E-state index contributed by atoms with van der Waals surface area (Å²) in [5.41, 5.74) is 0.984. The van der Waals surface area contributed by atoms with Gasteiger partial charge in [0.25, 0.3) is 5.91 Å². The minimum atomic E-state index is -0.505. The van der Waals surface area contributed by atoms with Crippen LogP contribution in [0.3, 0.4) is 0 Å². The molecule has 1 atom stereocenters. The van der Waals surface area contributed by atoms with Gasteiger partial charge < -0.3 is 20.7 Å². The van der Waals surface area contributed by atoms with Crippen molar-refractivity contribution in [2.45, 2.75) is 12.5 Å². The van der Waals surface area contributed by atoms with Crippen molar-refractivity contribution in [2.75, 3.05) is 25.5 Å². The van der Waals surface area contributed by atoms with Crippen LogP contribution in [0.4, 0.5) is 15.9 Å². The van der Waals surface area contributed by atoms with Crippen LogP contribution in [0.15, 0.2) is 42.9 Å². The van der Waals surface area contributed by atoms with Crippen LogP contribution in [0.2, 0.25) is 5.02 Å². The second-order valence-corrected chi connectivity index (χ2v) is 7.38. The number of carbonyl (C=O) groups excluding carboxylic acids is 1. The van der Waals surface area contributed by atoms with Gasteiger partial charge in [-0.05, 0) is 37.2 Å². The summed E-state index contributed by atoms with van der Waals surface area (Å²) in [6.45, 7) is 1.59. The standard InChI is InChI=1S/C21H20ClFN6O2/c1-31-18-11-26-19(14-8-12(22)2-3-16(14)23)29-20(18)28-17-5-7-25-10-15(17)21(30)27-13-4-6-24-9-13/h2-3,5,7-8,10-11,13,24H,4,6,9H2,1H3,(H,27,30)(H,25,26,28,29). The SMILES string of the molecule is COc1cnc(-c2cc(Cl)ccc2F)nc1Nc1ccncc1C(=O)NC1CCNC1. The van der Waals surface area contributed by atoms with Crippen LogP contribution in [0.25, 0.3) is 11.4 Å². The first-order chi connectivity index (χ1) is 15.0. The average Bonchev–Trinajstić information content (AvgIpc) is 3.29. The third-order valence-electron chi connectivity index (χ3n) is 4.86. The number of hydrogen-bond donors (Lipinski definition) is 3. The number of methoxy groups -OCH3 is 1. The van der Waals surface area contributed by atoms with Gasteiger partial charge in [0, 0.05) is 30.0 Å². The molecule has 1 aliphatic rings. The van der Waals surface area contributed by atoms with E-state index in [-0.39, 0.29) is 29.2 Å². The van der Waals surface area contributed by atoms with E-state index in [1.807, 2.05) is 0 Å². The van der Waals surface area contributed by atoms with Gasteiger partial charge in [-0.1, -0.05) is 11.6 Å². The van der Waals surface area contributed by atoms with E-state index in [1.54, 1.807) is 12.3 Å². The number of anilines is 2. The van der Waals surface area contributed by atoms with Gasteiger partial charge in [-0.15, -0.1) is 0 Å². The Bertz CT molecular complexity index is 1110. The third-order valence-corrected chi connectivity index (χ3v) is 5.09. The predicted molar refractivity (Wildman–Crippen MR) is 115 cm³/mol. The minimum absolute atomic E-state index is 0.0616. The van der Waals surface area contributed by atoms with Crippen LogP contribution in [-0.2, 0) is 0 Å². The Morgan fingerprint density at radius 1 is 1.32 bits per heavy atom. The number of ether oxygens (including phenoxy) is 1. The summed E-state index contributed by atoms with van der Waals surface area (Å²) < 4.78 is 19.6. The van der Waals surface area contributed by atoms with Gasteiger partial charge in [0.05, 0.1) is 30.1 Å². The highest BCUT2D eigenvalue weighted by molar-refractivity contribution is 6.30. The molecular weight excluding hydrogens is 423 g/mol. The number of hydrogen-bond acceptors (Lipinski definition) is 7. The summed E-state index contributed by atoms with van der Waals surface area (Å²) in [4.78, 5) is 25.4. The van der Waals surface area contributed by atoms with Crippen LogP contribution in [0, 0.1) is 5.82 Å². The number of pyridine rings is 1. The second kappa shape index (κ2) is 9.23. The summed E-state index contributed by atoms with van der Waals surface area (Å²) in [6, 6.07) is 5.87. The zero-order valence-corrected chi connectivity index (χ0v) is 17.4. The van der Waals surface area contributed by atoms with Crippen LogP contribution in [0.1, 0.15) is 16.8 Å². The average molecular weight is 443 g/mol. The number of benzene rings is 1. The second-order valence-electron chi connectivity index (χ2n) is 6.94. The summed E-state index contributed by atoms with van der Waals surface area (Å²) in [7, 11) is 1.47. The summed E-state index contributed by atoms with van der Waals surface area (Å²) in [6.07, 6.45) is 5.33. The van der Waals surface area contributed by atoms with Crippen molar-refractivity contribution in [3.05, 3.63) is 59.3 Å². The molecule has 1 unspecified atom stereocenters. The maximum Gasteiger partial charge on any atom is 0.255 e. The monoisotopic (exact) mass is 442 g/mol. The molecule has 0 radical (unpaired) electrons. The molecule has 2 aromatic heterocycles. The topological polar surface area (TPSA) is 101 Å². The number of carbonyl (C=O) groups is 1. The van der Waals surface area contributed by atoms with Crippen LogP contribution in [0.5, 0.6) is 5.75 Å². The molecule has 160 valence electrons. The molecule has 1 fully saturated rings. The highest BCUT2D eigenvalue weighted by Gasteiger charge is 2.21. The van der Waals surface area contributed by atoms with E-state index >= 15 is 0 Å². The molecule has 0 spiro atoms. The lowest BCUT2D eigenvalue weighted by atomic mass is 10.2. The number of amides is 1. The Hall–Kier alpha value is -3.30. The van der Waals surface area contributed by atoms with E-state index in [0.29, 0.717) is 22.0 Å². The minimum Gasteiger partial charge on any atom is -0.491 e. The molecule has 3 aromatic rings. The van der Waals surface area contributed by atoms with Crippen molar-refractivity contribution >= 4 is 29.0 Å². The summed E-state index contributed by atoms with van der Waals surface area (Å²) in [5.74, 6) is -0.0301. The lowest BCUT2D eigenvalue weighted by Crippen LogP contribution is -2.36. The zero-order chi connectivity index (χ0) is 21.8. The fraction of sp³-hybridized carbons (Fsp3) is 0.238. The van der Waals surface area contributed by atoms with Crippen LogP contribution < -0.4 is 20.7 Å². The molecule has 1 aliphatic heterocycles. The number of aromatic nitrogens is 3. The van der Waals surface area contributed by atoms with E-state index < -0.39 is 5.82 Å². The fourth-order valence-electron chi connectivity index (χ4n) is 3.26. The van der Waals surface area contributed by atoms with Crippen LogP contribution in [-0.4, -0.2) is 47.1 Å². The molecule has 3 heterocycles. The molecular formula is C21H20ClFN6O2. The smallest absolute Gasteiger partial charge is 0.255 e. The molecule has 1 aromatic carbocycles. The maximum atomic E-state index is 14.3. The third kappa shape index (κ3) is 4.73. The molecule has 31 heavy (non-hydrogen) atoms. The first kappa shape index (κ1) is 21.0. The Morgan fingerprint density at radius 2 is 2.19 bits per heavy atom. The zero-order valence-electron chi connectivity index (χ0n) is 16.7. The molecule has 10 heteroatoms. The molecule has 0 aliphatic carbocycles. The Morgan fingerprint density at radius 3 is 2.97 bits per heavy atom. The van der Waals surface area contributed by atoms with Crippen molar-refractivity contribution in [3.63, 3.8) is 0 Å². The van der Waals surface area contributed by atoms with E-state index in [0.717, 1.165) is 19.5 Å². The Labute approximate surface area is 183 Å². The fourth-order valence-corrected chi connectivity index (χ4v) is 3.43. The summed E-state index contributed by atoms with van der Waals surface area (Å²) >= 11 is 6.00. The Kier molecular flexibility index (Phi) is 6.24. The number of rotatable bonds is 6. The van der Waals surface area contributed by atoms with Crippen molar-refractivity contribution in [2.24, 2.45) is 0 Å². The van der Waals surface area contributed by atoms with Gasteiger partial charge in [-0.3, -0.25) is 9.78 Å². The van der Waals surface area contributed by atoms with E-state index in [2.05, 4.69) is 30.9 Å². The number of nitrogens with one attached hydrogen (secondary N) is 3. The van der Waals surface area contributed by atoms with Crippen molar-refractivity contribution < 1.29 is 13.9 Å².